The fraction of sp³-hybridized carbons (Fsp3) is 0.444. The smallest absolute Gasteiger partial charge is 0.223 e. The molecular formula is C18H24N4O. The van der Waals surface area contributed by atoms with Crippen molar-refractivity contribution in [2.24, 2.45) is 11.7 Å². The molecule has 3 rings (SSSR count). The molecule has 1 saturated carbocycles. The molecule has 1 aliphatic carbocycles. The lowest BCUT2D eigenvalue weighted by molar-refractivity contribution is -0.126. The Labute approximate surface area is 136 Å². The van der Waals surface area contributed by atoms with Crippen LogP contribution in [0, 0.1) is 5.92 Å². The van der Waals surface area contributed by atoms with Gasteiger partial charge in [-0.3, -0.25) is 9.48 Å². The zero-order valence-corrected chi connectivity index (χ0v) is 13.3. The highest BCUT2D eigenvalue weighted by Crippen LogP contribution is 2.23. The number of carbonyl (C=O) groups is 1. The minimum atomic E-state index is 0.0667. The molecule has 1 aromatic carbocycles. The van der Waals surface area contributed by atoms with E-state index in [1.807, 2.05) is 29.1 Å². The average molecular weight is 312 g/mol. The molecule has 3 N–H and O–H groups in total. The summed E-state index contributed by atoms with van der Waals surface area (Å²) in [7, 11) is 0. The van der Waals surface area contributed by atoms with Crippen LogP contribution in [0.15, 0.2) is 42.7 Å². The third-order valence-electron chi connectivity index (χ3n) is 4.55. The van der Waals surface area contributed by atoms with Crippen molar-refractivity contribution in [1.29, 1.82) is 0 Å². The molecule has 2 atom stereocenters. The predicted octanol–water partition coefficient (Wildman–Crippen LogP) is 2.07. The Morgan fingerprint density at radius 3 is 2.83 bits per heavy atom. The highest BCUT2D eigenvalue weighted by atomic mass is 16.1. The van der Waals surface area contributed by atoms with Crippen LogP contribution in [0.25, 0.3) is 0 Å². The van der Waals surface area contributed by atoms with Crippen LogP contribution in [0.3, 0.4) is 0 Å². The summed E-state index contributed by atoms with van der Waals surface area (Å²) in [6.07, 6.45) is 7.57. The van der Waals surface area contributed by atoms with E-state index in [0.717, 1.165) is 31.2 Å². The van der Waals surface area contributed by atoms with Gasteiger partial charge in [0.25, 0.3) is 0 Å². The van der Waals surface area contributed by atoms with Crippen molar-refractivity contribution in [3.05, 3.63) is 53.9 Å². The molecule has 0 spiro atoms. The molecule has 23 heavy (non-hydrogen) atoms. The van der Waals surface area contributed by atoms with Crippen LogP contribution in [0.1, 0.15) is 36.8 Å². The normalized spacial score (nSPS) is 21.1. The van der Waals surface area contributed by atoms with Crippen LogP contribution in [0.4, 0.5) is 0 Å². The van der Waals surface area contributed by atoms with Gasteiger partial charge in [0.2, 0.25) is 5.91 Å². The molecule has 1 aliphatic rings. The van der Waals surface area contributed by atoms with Gasteiger partial charge in [-0.05, 0) is 36.5 Å². The van der Waals surface area contributed by atoms with Crippen LogP contribution in [0.2, 0.25) is 0 Å². The zero-order chi connectivity index (χ0) is 16.1. The van der Waals surface area contributed by atoms with Gasteiger partial charge in [-0.1, -0.05) is 30.7 Å². The second-order valence-electron chi connectivity index (χ2n) is 6.31. The Kier molecular flexibility index (Phi) is 5.08. The summed E-state index contributed by atoms with van der Waals surface area (Å²) in [6, 6.07) is 10.3. The Hall–Kier alpha value is -2.14. The molecule has 2 aromatic rings. The molecule has 5 heteroatoms. The Morgan fingerprint density at radius 1 is 1.26 bits per heavy atom. The number of hydrogen-bond acceptors (Lipinski definition) is 3. The molecule has 122 valence electrons. The van der Waals surface area contributed by atoms with Gasteiger partial charge in [0.1, 0.15) is 0 Å². The quantitative estimate of drug-likeness (QED) is 0.887. The standard InChI is InChI=1S/C18H24N4O/c19-17-8-3-7-14(11-17)18(23)20-12-15-5-1-2-6-16(15)13-22-10-4-9-21-22/h1-2,4-6,9-10,14,17H,3,7-8,11-13,19H2,(H,20,23). The Balaban J connectivity index is 1.60. The Morgan fingerprint density at radius 2 is 2.09 bits per heavy atom. The fourth-order valence-electron chi connectivity index (χ4n) is 3.25. The first kappa shape index (κ1) is 15.7. The first-order valence-corrected chi connectivity index (χ1v) is 8.30. The molecule has 2 unspecified atom stereocenters. The second kappa shape index (κ2) is 7.42. The highest BCUT2D eigenvalue weighted by Gasteiger charge is 2.25. The number of rotatable bonds is 5. The molecule has 0 saturated heterocycles. The number of hydrogen-bond donors (Lipinski definition) is 2. The lowest BCUT2D eigenvalue weighted by Gasteiger charge is -2.25. The van der Waals surface area contributed by atoms with Gasteiger partial charge in [0.05, 0.1) is 6.54 Å². The third kappa shape index (κ3) is 4.20. The molecular weight excluding hydrogens is 288 g/mol. The topological polar surface area (TPSA) is 72.9 Å². The van der Waals surface area contributed by atoms with E-state index in [9.17, 15) is 4.79 Å². The zero-order valence-electron chi connectivity index (χ0n) is 13.3. The average Bonchev–Trinajstić information content (AvgIpc) is 3.07. The van der Waals surface area contributed by atoms with Crippen molar-refractivity contribution in [2.75, 3.05) is 0 Å². The van der Waals surface area contributed by atoms with Gasteiger partial charge < -0.3 is 11.1 Å². The summed E-state index contributed by atoms with van der Waals surface area (Å²) in [5.74, 6) is 0.200. The van der Waals surface area contributed by atoms with Crippen molar-refractivity contribution >= 4 is 5.91 Å². The van der Waals surface area contributed by atoms with Crippen molar-refractivity contribution in [3.63, 3.8) is 0 Å². The summed E-state index contributed by atoms with van der Waals surface area (Å²) >= 11 is 0. The van der Waals surface area contributed by atoms with E-state index >= 15 is 0 Å². The van der Waals surface area contributed by atoms with E-state index in [-0.39, 0.29) is 17.9 Å². The van der Waals surface area contributed by atoms with E-state index in [1.165, 1.54) is 5.56 Å². The number of amides is 1. The maximum Gasteiger partial charge on any atom is 0.223 e. The van der Waals surface area contributed by atoms with Gasteiger partial charge in [0, 0.05) is 30.9 Å². The third-order valence-corrected chi connectivity index (χ3v) is 4.55. The van der Waals surface area contributed by atoms with E-state index in [1.54, 1.807) is 6.20 Å². The number of carbonyl (C=O) groups excluding carboxylic acids is 1. The van der Waals surface area contributed by atoms with Crippen LogP contribution in [-0.2, 0) is 17.9 Å². The molecule has 5 nitrogen and oxygen atoms in total. The van der Waals surface area contributed by atoms with Gasteiger partial charge in [-0.15, -0.1) is 0 Å². The fourth-order valence-corrected chi connectivity index (χ4v) is 3.25. The number of aromatic nitrogens is 2. The summed E-state index contributed by atoms with van der Waals surface area (Å²) in [5.41, 5.74) is 8.29. The van der Waals surface area contributed by atoms with E-state index in [0.29, 0.717) is 13.1 Å². The predicted molar refractivity (Wildman–Crippen MR) is 89.6 cm³/mol. The largest absolute Gasteiger partial charge is 0.352 e. The minimum Gasteiger partial charge on any atom is -0.352 e. The Bertz CT molecular complexity index is 638. The van der Waals surface area contributed by atoms with E-state index in [2.05, 4.69) is 22.5 Å². The highest BCUT2D eigenvalue weighted by molar-refractivity contribution is 5.78. The van der Waals surface area contributed by atoms with Gasteiger partial charge >= 0.3 is 0 Å². The number of nitrogens with one attached hydrogen (secondary N) is 1. The van der Waals surface area contributed by atoms with Crippen LogP contribution in [-0.4, -0.2) is 21.7 Å². The first-order chi connectivity index (χ1) is 11.2. The molecule has 0 radical (unpaired) electrons. The molecule has 1 fully saturated rings. The lowest BCUT2D eigenvalue weighted by atomic mass is 9.85. The summed E-state index contributed by atoms with van der Waals surface area (Å²) in [4.78, 5) is 12.4. The lowest BCUT2D eigenvalue weighted by Crippen LogP contribution is -2.37. The van der Waals surface area contributed by atoms with Crippen molar-refractivity contribution < 1.29 is 4.79 Å². The molecule has 0 bridgehead atoms. The van der Waals surface area contributed by atoms with Crippen LogP contribution < -0.4 is 11.1 Å². The number of benzene rings is 1. The maximum absolute atomic E-state index is 12.4. The van der Waals surface area contributed by atoms with Crippen molar-refractivity contribution in [3.8, 4) is 0 Å². The monoisotopic (exact) mass is 312 g/mol. The summed E-state index contributed by atoms with van der Waals surface area (Å²) in [5, 5.41) is 7.33. The summed E-state index contributed by atoms with van der Waals surface area (Å²) in [6.45, 7) is 1.27. The van der Waals surface area contributed by atoms with Crippen molar-refractivity contribution in [1.82, 2.24) is 15.1 Å². The molecule has 1 aromatic heterocycles. The maximum atomic E-state index is 12.4. The first-order valence-electron chi connectivity index (χ1n) is 8.30. The SMILES string of the molecule is NC1CCCC(C(=O)NCc2ccccc2Cn2cccn2)C1. The molecule has 1 amide bonds. The second-order valence-corrected chi connectivity index (χ2v) is 6.31. The van der Waals surface area contributed by atoms with Gasteiger partial charge in [0.15, 0.2) is 0 Å². The van der Waals surface area contributed by atoms with E-state index < -0.39 is 0 Å². The minimum absolute atomic E-state index is 0.0667. The van der Waals surface area contributed by atoms with Crippen LogP contribution in [0.5, 0.6) is 0 Å². The number of nitrogens with two attached hydrogens (primary N) is 1. The van der Waals surface area contributed by atoms with Gasteiger partial charge in [-0.2, -0.15) is 5.10 Å². The summed E-state index contributed by atoms with van der Waals surface area (Å²) < 4.78 is 1.89. The van der Waals surface area contributed by atoms with Crippen LogP contribution >= 0.6 is 0 Å². The van der Waals surface area contributed by atoms with Crippen molar-refractivity contribution in [2.45, 2.75) is 44.8 Å². The van der Waals surface area contributed by atoms with E-state index in [4.69, 9.17) is 5.73 Å². The molecule has 1 heterocycles. The van der Waals surface area contributed by atoms with Gasteiger partial charge in [-0.25, -0.2) is 0 Å². The molecule has 0 aliphatic heterocycles. The number of nitrogens with zero attached hydrogens (tertiary/aromatic N) is 2.